The second-order valence-electron chi connectivity index (χ2n) is 6.88. The zero-order valence-corrected chi connectivity index (χ0v) is 20.2. The number of hydrogen-bond acceptors (Lipinski definition) is 12. The average molecular weight is 574 g/mol. The number of β-lactam (4-membered cyclic amide) rings is 1. The first kappa shape index (κ1) is 26.9. The molecule has 3 heterocycles. The summed E-state index contributed by atoms with van der Waals surface area (Å²) >= 11 is 6.96. The Labute approximate surface area is 211 Å². The Morgan fingerprint density at radius 1 is 1.37 bits per heavy atom. The molecule has 0 radical (unpaired) electrons. The number of rotatable bonds is 7. The maximum Gasteiger partial charge on any atom is 0.426 e. The number of allylic oxidation sites excluding steroid dienone is 2. The topological polar surface area (TPSA) is 210 Å². The van der Waals surface area contributed by atoms with Gasteiger partial charge in [-0.15, -0.1) is 0 Å². The molecule has 1 aromatic heterocycles. The molecule has 0 bridgehead atoms. The molecular formula is C16H15ClF3N7O5S3. The van der Waals surface area contributed by atoms with Gasteiger partial charge in [0, 0.05) is 4.91 Å². The first-order valence-electron chi connectivity index (χ1n) is 9.17. The van der Waals surface area contributed by atoms with Gasteiger partial charge in [0.05, 0.1) is 11.1 Å². The van der Waals surface area contributed by atoms with E-state index in [-0.39, 0.29) is 44.9 Å². The van der Waals surface area contributed by atoms with E-state index < -0.39 is 57.4 Å². The van der Waals surface area contributed by atoms with Gasteiger partial charge in [-0.25, -0.2) is 9.78 Å². The van der Waals surface area contributed by atoms with E-state index in [4.69, 9.17) is 28.2 Å². The molecule has 19 heteroatoms. The fourth-order valence-electron chi connectivity index (χ4n) is 3.44. The molecule has 0 saturated carbocycles. The third kappa shape index (κ3) is 5.15. The van der Waals surface area contributed by atoms with Crippen molar-refractivity contribution in [3.8, 4) is 0 Å². The van der Waals surface area contributed by atoms with Crippen molar-refractivity contribution in [2.45, 2.75) is 31.1 Å². The van der Waals surface area contributed by atoms with Crippen LogP contribution in [0.15, 0.2) is 25.7 Å². The maximum atomic E-state index is 13.1. The lowest BCUT2D eigenvalue weighted by Gasteiger charge is -2.50. The van der Waals surface area contributed by atoms with Crippen LogP contribution in [-0.2, 0) is 14.4 Å². The highest BCUT2D eigenvalue weighted by Crippen LogP contribution is 2.45. The summed E-state index contributed by atoms with van der Waals surface area (Å²) < 4.78 is 39.2. The van der Waals surface area contributed by atoms with Crippen molar-refractivity contribution in [3.05, 3.63) is 30.6 Å². The number of fused-ring (bicyclic) bond motifs is 1. The summed E-state index contributed by atoms with van der Waals surface area (Å²) in [4.78, 5) is 40.5. The number of amides is 2. The van der Waals surface area contributed by atoms with Gasteiger partial charge in [0.2, 0.25) is 0 Å². The second kappa shape index (κ2) is 10.1. The van der Waals surface area contributed by atoms with Gasteiger partial charge < -0.3 is 27.1 Å². The number of thioether (sulfide) groups is 1. The number of oxime groups is 1. The molecule has 1 saturated heterocycles. The standard InChI is InChI=1S/C16H15ClF3N7O5S3/c17-10-6(25-15(22)34-10)7(26-32)12(28)24-5-3-1-2-4(8(14(30)31)27(3)13(5)29)33-11(21)9(35-23)16(18,19)20/h3,5,32H,1-2,21,23H2,(H2,22,25)(H,24,28)(H,30,31)/b11-9+,26-7-/t3-,5+/m1/s1. The monoisotopic (exact) mass is 573 g/mol. The molecule has 190 valence electrons. The van der Waals surface area contributed by atoms with E-state index in [2.05, 4.69) is 15.5 Å². The van der Waals surface area contributed by atoms with Crippen LogP contribution in [0.3, 0.4) is 0 Å². The minimum atomic E-state index is -4.85. The Balaban J connectivity index is 1.84. The Morgan fingerprint density at radius 3 is 2.51 bits per heavy atom. The van der Waals surface area contributed by atoms with E-state index in [1.807, 2.05) is 0 Å². The van der Waals surface area contributed by atoms with Gasteiger partial charge >= 0.3 is 12.1 Å². The van der Waals surface area contributed by atoms with Crippen LogP contribution < -0.4 is 21.9 Å². The van der Waals surface area contributed by atoms with Crippen LogP contribution >= 0.6 is 46.6 Å². The van der Waals surface area contributed by atoms with Gasteiger partial charge in [-0.1, -0.05) is 39.9 Å². The lowest BCUT2D eigenvalue weighted by molar-refractivity contribution is -0.155. The number of carboxylic acid groups (broad SMARTS) is 1. The van der Waals surface area contributed by atoms with Crippen molar-refractivity contribution >= 4 is 75.3 Å². The van der Waals surface area contributed by atoms with Crippen LogP contribution in [-0.4, -0.2) is 62.0 Å². The number of alkyl halides is 3. The molecule has 12 nitrogen and oxygen atoms in total. The SMILES string of the molecule is NS/C(=C(\N)SC1=C(C(=O)O)N2C(=O)[C@@H](NC(=O)/C(=N\O)c3nc(N)sc3Cl)[C@H]2CC1)C(F)(F)F. The molecule has 35 heavy (non-hydrogen) atoms. The second-order valence-corrected chi connectivity index (χ2v) is 10.3. The van der Waals surface area contributed by atoms with Crippen molar-refractivity contribution < 1.29 is 37.9 Å². The summed E-state index contributed by atoms with van der Waals surface area (Å²) in [7, 11) is 0. The molecule has 0 spiro atoms. The molecule has 0 aromatic carbocycles. The number of nitrogens with one attached hydrogen (secondary N) is 1. The Kier molecular flexibility index (Phi) is 7.80. The molecule has 2 amide bonds. The summed E-state index contributed by atoms with van der Waals surface area (Å²) in [6, 6.07) is -2.03. The summed E-state index contributed by atoms with van der Waals surface area (Å²) in [6.45, 7) is 0. The van der Waals surface area contributed by atoms with Gasteiger partial charge in [0.1, 0.15) is 26.7 Å². The molecule has 1 fully saturated rings. The van der Waals surface area contributed by atoms with E-state index in [9.17, 15) is 37.9 Å². The number of hydrogen-bond donors (Lipinski definition) is 6. The van der Waals surface area contributed by atoms with Crippen LogP contribution in [0, 0.1) is 0 Å². The molecule has 3 rings (SSSR count). The van der Waals surface area contributed by atoms with Gasteiger partial charge in [0.15, 0.2) is 10.8 Å². The molecule has 0 unspecified atom stereocenters. The Hall–Kier alpha value is -2.67. The highest BCUT2D eigenvalue weighted by molar-refractivity contribution is 8.08. The third-order valence-electron chi connectivity index (χ3n) is 4.86. The van der Waals surface area contributed by atoms with E-state index in [1.54, 1.807) is 0 Å². The number of aliphatic carboxylic acids is 1. The molecule has 9 N–H and O–H groups in total. The smallest absolute Gasteiger partial charge is 0.426 e. The van der Waals surface area contributed by atoms with Crippen LogP contribution in [0.5, 0.6) is 0 Å². The number of nitrogens with two attached hydrogens (primary N) is 3. The number of nitrogen functional groups attached to an aromatic ring is 1. The molecule has 2 atom stereocenters. The van der Waals surface area contributed by atoms with E-state index in [1.165, 1.54) is 0 Å². The lowest BCUT2D eigenvalue weighted by atomic mass is 9.86. The van der Waals surface area contributed by atoms with Crippen molar-refractivity contribution in [2.24, 2.45) is 16.0 Å². The molecule has 0 aliphatic carbocycles. The predicted octanol–water partition coefficient (Wildman–Crippen LogP) is 1.37. The lowest BCUT2D eigenvalue weighted by Crippen LogP contribution is -2.72. The average Bonchev–Trinajstić information content (AvgIpc) is 3.08. The van der Waals surface area contributed by atoms with Gasteiger partial charge in [-0.3, -0.25) is 19.6 Å². The first-order chi connectivity index (χ1) is 16.3. The number of halogens is 4. The van der Waals surface area contributed by atoms with Crippen molar-refractivity contribution in [2.75, 3.05) is 5.73 Å². The van der Waals surface area contributed by atoms with E-state index >= 15 is 0 Å². The summed E-state index contributed by atoms with van der Waals surface area (Å²) in [5.41, 5.74) is 9.64. The fourth-order valence-corrected chi connectivity index (χ4v) is 5.87. The van der Waals surface area contributed by atoms with Crippen LogP contribution in [0.1, 0.15) is 18.5 Å². The zero-order chi connectivity index (χ0) is 26.2. The maximum absolute atomic E-state index is 13.1. The van der Waals surface area contributed by atoms with Crippen molar-refractivity contribution in [3.63, 3.8) is 0 Å². The highest BCUT2D eigenvalue weighted by Gasteiger charge is 2.54. The number of carbonyl (C=O) groups excluding carboxylic acids is 2. The number of aromatic nitrogens is 1. The van der Waals surface area contributed by atoms with Crippen molar-refractivity contribution in [1.29, 1.82) is 0 Å². The van der Waals surface area contributed by atoms with E-state index in [0.29, 0.717) is 11.8 Å². The fraction of sp³-hybridized carbons (Fsp3) is 0.312. The van der Waals surface area contributed by atoms with Gasteiger partial charge in [0.25, 0.3) is 11.8 Å². The van der Waals surface area contributed by atoms with Crippen molar-refractivity contribution in [1.82, 2.24) is 15.2 Å². The van der Waals surface area contributed by atoms with Gasteiger partial charge in [-0.05, 0) is 24.8 Å². The molecule has 2 aliphatic heterocycles. The minimum absolute atomic E-state index is 0.00608. The Bertz CT molecular complexity index is 1190. The van der Waals surface area contributed by atoms with Crippen LogP contribution in [0.2, 0.25) is 4.34 Å². The molecule has 1 aromatic rings. The zero-order valence-electron chi connectivity index (χ0n) is 17.0. The van der Waals surface area contributed by atoms with Crippen LogP contribution in [0.4, 0.5) is 18.3 Å². The van der Waals surface area contributed by atoms with Crippen LogP contribution in [0.25, 0.3) is 0 Å². The largest absolute Gasteiger partial charge is 0.477 e. The number of anilines is 1. The minimum Gasteiger partial charge on any atom is -0.477 e. The third-order valence-corrected chi connectivity index (χ3v) is 7.82. The Morgan fingerprint density at radius 2 is 2.03 bits per heavy atom. The molecule has 2 aliphatic rings. The predicted molar refractivity (Wildman–Crippen MR) is 123 cm³/mol. The van der Waals surface area contributed by atoms with E-state index in [0.717, 1.165) is 16.2 Å². The number of thiazole rings is 1. The highest BCUT2D eigenvalue weighted by atomic mass is 35.5. The van der Waals surface area contributed by atoms with Gasteiger partial charge in [-0.2, -0.15) is 13.2 Å². The molecular weight excluding hydrogens is 559 g/mol. The summed E-state index contributed by atoms with van der Waals surface area (Å²) in [5, 5.41) is 28.4. The number of carbonyl (C=O) groups is 3. The summed E-state index contributed by atoms with van der Waals surface area (Å²) in [6.07, 6.45) is -4.81. The number of nitrogens with zero attached hydrogens (tertiary/aromatic N) is 3. The normalized spacial score (nSPS) is 21.3. The summed E-state index contributed by atoms with van der Waals surface area (Å²) in [5.74, 6) is -3.44. The number of carboxylic acids is 1. The first-order valence-corrected chi connectivity index (χ1v) is 12.1. The quantitative estimate of drug-likeness (QED) is 0.0901.